The predicted molar refractivity (Wildman–Crippen MR) is 118 cm³/mol. The van der Waals surface area contributed by atoms with Gasteiger partial charge in [0.1, 0.15) is 0 Å². The molecule has 0 aliphatic carbocycles. The van der Waals surface area contributed by atoms with Crippen molar-refractivity contribution in [3.05, 3.63) is 55.9 Å². The van der Waals surface area contributed by atoms with Gasteiger partial charge in [-0.25, -0.2) is 4.79 Å². The summed E-state index contributed by atoms with van der Waals surface area (Å²) >= 11 is 0. The number of H-pyrrole nitrogens is 2. The molecule has 1 aliphatic rings. The first-order chi connectivity index (χ1) is 15.4. The van der Waals surface area contributed by atoms with Crippen LogP contribution in [0.25, 0.3) is 0 Å². The van der Waals surface area contributed by atoms with Crippen molar-refractivity contribution >= 4 is 5.91 Å². The predicted octanol–water partition coefficient (Wildman–Crippen LogP) is 0.511. The van der Waals surface area contributed by atoms with Crippen LogP contribution >= 0.6 is 0 Å². The van der Waals surface area contributed by atoms with Crippen LogP contribution in [0.1, 0.15) is 29.3 Å². The van der Waals surface area contributed by atoms with Crippen molar-refractivity contribution in [2.75, 3.05) is 47.1 Å². The standard InChI is InChI=1S/C22H30N4O6/c1-14-16(21(28)25-22(29)24-14)5-7-20(27)23-13-17(26-8-10-32-11-9-26)15-4-6-18(30-2)19(12-15)31-3/h4,6,12,17H,5,7-11,13H2,1-3H3,(H,23,27)(H2,24,25,28,29). The lowest BCUT2D eigenvalue weighted by Gasteiger charge is -2.35. The summed E-state index contributed by atoms with van der Waals surface area (Å²) in [6, 6.07) is 5.68. The number of aryl methyl sites for hydroxylation is 1. The molecule has 174 valence electrons. The fourth-order valence-corrected chi connectivity index (χ4v) is 3.87. The lowest BCUT2D eigenvalue weighted by Crippen LogP contribution is -2.44. The van der Waals surface area contributed by atoms with E-state index < -0.39 is 11.2 Å². The van der Waals surface area contributed by atoms with E-state index >= 15 is 0 Å². The molecular formula is C22H30N4O6. The second-order valence-corrected chi connectivity index (χ2v) is 7.59. The van der Waals surface area contributed by atoms with Crippen molar-refractivity contribution in [1.29, 1.82) is 0 Å². The molecule has 1 unspecified atom stereocenters. The minimum Gasteiger partial charge on any atom is -0.493 e. The van der Waals surface area contributed by atoms with Gasteiger partial charge in [0, 0.05) is 37.3 Å². The molecule has 1 amide bonds. The molecule has 1 atom stereocenters. The fourth-order valence-electron chi connectivity index (χ4n) is 3.87. The van der Waals surface area contributed by atoms with Crippen molar-refractivity contribution < 1.29 is 19.0 Å². The largest absolute Gasteiger partial charge is 0.493 e. The molecule has 1 saturated heterocycles. The Bertz CT molecular complexity index is 1040. The second kappa shape index (κ2) is 11.0. The van der Waals surface area contributed by atoms with E-state index in [1.54, 1.807) is 21.1 Å². The molecule has 1 aromatic heterocycles. The minimum absolute atomic E-state index is 0.0686. The molecule has 0 saturated carbocycles. The lowest BCUT2D eigenvalue weighted by molar-refractivity contribution is -0.121. The summed E-state index contributed by atoms with van der Waals surface area (Å²) in [5.41, 5.74) is 0.866. The number of amides is 1. The lowest BCUT2D eigenvalue weighted by atomic mass is 10.0. The molecule has 0 radical (unpaired) electrons. The first kappa shape index (κ1) is 23.6. The number of rotatable bonds is 9. The number of nitrogens with zero attached hydrogens (tertiary/aromatic N) is 1. The normalized spacial score (nSPS) is 15.2. The van der Waals surface area contributed by atoms with Gasteiger partial charge < -0.3 is 24.5 Å². The van der Waals surface area contributed by atoms with Crippen molar-refractivity contribution in [1.82, 2.24) is 20.2 Å². The Morgan fingerprint density at radius 3 is 2.53 bits per heavy atom. The number of aromatic amines is 2. The number of morpholine rings is 1. The second-order valence-electron chi connectivity index (χ2n) is 7.59. The molecule has 1 aromatic carbocycles. The van der Waals surface area contributed by atoms with Gasteiger partial charge in [0.05, 0.1) is 33.5 Å². The number of carbonyl (C=O) groups excluding carboxylic acids is 1. The summed E-state index contributed by atoms with van der Waals surface area (Å²) in [7, 11) is 3.18. The maximum Gasteiger partial charge on any atom is 0.325 e. The van der Waals surface area contributed by atoms with Crippen LogP contribution in [0.5, 0.6) is 11.5 Å². The molecule has 2 heterocycles. The number of hydrogen-bond donors (Lipinski definition) is 3. The molecule has 2 aromatic rings. The minimum atomic E-state index is -0.552. The monoisotopic (exact) mass is 446 g/mol. The van der Waals surface area contributed by atoms with Gasteiger partial charge in [-0.15, -0.1) is 0 Å². The smallest absolute Gasteiger partial charge is 0.325 e. The maximum absolute atomic E-state index is 12.6. The summed E-state index contributed by atoms with van der Waals surface area (Å²) in [4.78, 5) is 42.9. The van der Waals surface area contributed by atoms with Gasteiger partial charge in [0.25, 0.3) is 5.56 Å². The van der Waals surface area contributed by atoms with E-state index in [0.717, 1.165) is 18.7 Å². The van der Waals surface area contributed by atoms with Gasteiger partial charge in [-0.05, 0) is 31.0 Å². The molecule has 1 fully saturated rings. The molecule has 10 nitrogen and oxygen atoms in total. The van der Waals surface area contributed by atoms with Crippen LogP contribution in [0.4, 0.5) is 0 Å². The molecule has 3 rings (SSSR count). The Hall–Kier alpha value is -3.11. The van der Waals surface area contributed by atoms with E-state index in [1.165, 1.54) is 0 Å². The van der Waals surface area contributed by atoms with Gasteiger partial charge in [-0.1, -0.05) is 6.07 Å². The molecule has 0 spiro atoms. The third kappa shape index (κ3) is 5.77. The zero-order chi connectivity index (χ0) is 23.1. The van der Waals surface area contributed by atoms with E-state index in [0.29, 0.717) is 42.5 Å². The first-order valence-electron chi connectivity index (χ1n) is 10.6. The zero-order valence-corrected chi connectivity index (χ0v) is 18.7. The third-order valence-electron chi connectivity index (χ3n) is 5.63. The van der Waals surface area contributed by atoms with Gasteiger partial charge in [-0.3, -0.25) is 19.5 Å². The molecule has 32 heavy (non-hydrogen) atoms. The first-order valence-corrected chi connectivity index (χ1v) is 10.6. The van der Waals surface area contributed by atoms with Crippen LogP contribution in [0.2, 0.25) is 0 Å². The Kier molecular flexibility index (Phi) is 8.07. The average Bonchev–Trinajstić information content (AvgIpc) is 2.79. The maximum atomic E-state index is 12.6. The van der Waals surface area contributed by atoms with Gasteiger partial charge in [-0.2, -0.15) is 0 Å². The average molecular weight is 447 g/mol. The molecule has 10 heteroatoms. The summed E-state index contributed by atoms with van der Waals surface area (Å²) in [5, 5.41) is 2.99. The van der Waals surface area contributed by atoms with Crippen LogP contribution in [0.3, 0.4) is 0 Å². The summed E-state index contributed by atoms with van der Waals surface area (Å²) in [6.07, 6.45) is 0.375. The number of methoxy groups -OCH3 is 2. The number of nitrogens with one attached hydrogen (secondary N) is 3. The Labute approximate surface area is 185 Å². The molecular weight excluding hydrogens is 416 g/mol. The van der Waals surface area contributed by atoms with E-state index in [1.807, 2.05) is 18.2 Å². The third-order valence-corrected chi connectivity index (χ3v) is 5.63. The highest BCUT2D eigenvalue weighted by Crippen LogP contribution is 2.32. The quantitative estimate of drug-likeness (QED) is 0.512. The van der Waals surface area contributed by atoms with Crippen LogP contribution < -0.4 is 26.0 Å². The van der Waals surface area contributed by atoms with Crippen LogP contribution in [-0.4, -0.2) is 67.8 Å². The van der Waals surface area contributed by atoms with Crippen molar-refractivity contribution in [3.63, 3.8) is 0 Å². The van der Waals surface area contributed by atoms with E-state index in [4.69, 9.17) is 14.2 Å². The highest BCUT2D eigenvalue weighted by molar-refractivity contribution is 5.76. The van der Waals surface area contributed by atoms with Crippen LogP contribution in [0, 0.1) is 6.92 Å². The number of hydrogen-bond acceptors (Lipinski definition) is 7. The Balaban J connectivity index is 1.69. The summed E-state index contributed by atoms with van der Waals surface area (Å²) in [6.45, 7) is 4.81. The fraction of sp³-hybridized carbons (Fsp3) is 0.500. The topological polar surface area (TPSA) is 126 Å². The number of ether oxygens (including phenoxy) is 3. The summed E-state index contributed by atoms with van der Waals surface area (Å²) in [5.74, 6) is 1.10. The van der Waals surface area contributed by atoms with Crippen LogP contribution in [-0.2, 0) is 16.0 Å². The van der Waals surface area contributed by atoms with E-state index in [-0.39, 0.29) is 24.8 Å². The van der Waals surface area contributed by atoms with Gasteiger partial charge >= 0.3 is 5.69 Å². The SMILES string of the molecule is COc1ccc(C(CNC(=O)CCc2c(C)[nH]c(=O)[nH]c2=O)N2CCOCC2)cc1OC. The van der Waals surface area contributed by atoms with Crippen LogP contribution in [0.15, 0.2) is 27.8 Å². The number of carbonyl (C=O) groups is 1. The van der Waals surface area contributed by atoms with E-state index in [2.05, 4.69) is 20.2 Å². The Morgan fingerprint density at radius 1 is 1.16 bits per heavy atom. The van der Waals surface area contributed by atoms with Gasteiger partial charge in [0.2, 0.25) is 5.91 Å². The summed E-state index contributed by atoms with van der Waals surface area (Å²) < 4.78 is 16.3. The highest BCUT2D eigenvalue weighted by Gasteiger charge is 2.24. The van der Waals surface area contributed by atoms with Crippen molar-refractivity contribution in [2.24, 2.45) is 0 Å². The Morgan fingerprint density at radius 2 is 1.88 bits per heavy atom. The molecule has 0 bridgehead atoms. The number of aromatic nitrogens is 2. The molecule has 3 N–H and O–H groups in total. The number of benzene rings is 1. The van der Waals surface area contributed by atoms with Gasteiger partial charge in [0.15, 0.2) is 11.5 Å². The van der Waals surface area contributed by atoms with E-state index in [9.17, 15) is 14.4 Å². The van der Waals surface area contributed by atoms with Crippen molar-refractivity contribution in [3.8, 4) is 11.5 Å². The van der Waals surface area contributed by atoms with Crippen molar-refractivity contribution in [2.45, 2.75) is 25.8 Å². The molecule has 1 aliphatic heterocycles. The zero-order valence-electron chi connectivity index (χ0n) is 18.7. The highest BCUT2D eigenvalue weighted by atomic mass is 16.5.